The molecule has 1 N–H and O–H groups in total. The van der Waals surface area contributed by atoms with E-state index in [0.29, 0.717) is 11.3 Å². The van der Waals surface area contributed by atoms with Crippen molar-refractivity contribution in [1.29, 1.82) is 0 Å². The molecule has 20 heavy (non-hydrogen) atoms. The molecule has 1 atom stereocenters. The fourth-order valence-electron chi connectivity index (χ4n) is 1.77. The molecule has 0 bridgehead atoms. The summed E-state index contributed by atoms with van der Waals surface area (Å²) in [6.45, 7) is 13.9. The summed E-state index contributed by atoms with van der Waals surface area (Å²) in [5.74, 6) is 1.63. The molecule has 0 radical (unpaired) electrons. The third-order valence-electron chi connectivity index (χ3n) is 3.73. The topological polar surface area (TPSA) is 21.3 Å². The predicted molar refractivity (Wildman–Crippen MR) is 90.3 cm³/mol. The first-order valence-corrected chi connectivity index (χ1v) is 8.25. The van der Waals surface area contributed by atoms with Gasteiger partial charge in [-0.2, -0.15) is 0 Å². The maximum Gasteiger partial charge on any atom is 0.123 e. The average molecular weight is 342 g/mol. The average Bonchev–Trinajstić information content (AvgIpc) is 2.36. The largest absolute Gasteiger partial charge is 0.493 e. The Morgan fingerprint density at radius 3 is 2.60 bits per heavy atom. The van der Waals surface area contributed by atoms with Gasteiger partial charge in [0.1, 0.15) is 5.75 Å². The third-order valence-corrected chi connectivity index (χ3v) is 4.22. The molecule has 0 aliphatic carbocycles. The summed E-state index contributed by atoms with van der Waals surface area (Å²) in [6.07, 6.45) is 1.03. The van der Waals surface area contributed by atoms with Gasteiger partial charge < -0.3 is 10.1 Å². The van der Waals surface area contributed by atoms with Crippen LogP contribution in [0.3, 0.4) is 0 Å². The van der Waals surface area contributed by atoms with E-state index in [0.717, 1.165) is 36.3 Å². The summed E-state index contributed by atoms with van der Waals surface area (Å²) in [7, 11) is 0. The standard InChI is InChI=1S/C17H28BrNO/c1-6-9-20-16-8-7-15(18)10-14(16)12-19-11-13(2)17(3,4)5/h7-8,10,13,19H,6,9,11-12H2,1-5H3. The molecule has 0 fully saturated rings. The van der Waals surface area contributed by atoms with E-state index in [2.05, 4.69) is 61.9 Å². The van der Waals surface area contributed by atoms with Gasteiger partial charge in [-0.25, -0.2) is 0 Å². The highest BCUT2D eigenvalue weighted by Crippen LogP contribution is 2.26. The van der Waals surface area contributed by atoms with Gasteiger partial charge in [-0.1, -0.05) is 50.5 Å². The first-order valence-electron chi connectivity index (χ1n) is 7.46. The molecule has 0 saturated carbocycles. The molecule has 0 aromatic heterocycles. The van der Waals surface area contributed by atoms with Crippen molar-refractivity contribution in [3.05, 3.63) is 28.2 Å². The Morgan fingerprint density at radius 1 is 1.30 bits per heavy atom. The van der Waals surface area contributed by atoms with Gasteiger partial charge in [-0.3, -0.25) is 0 Å². The fraction of sp³-hybridized carbons (Fsp3) is 0.647. The van der Waals surface area contributed by atoms with Crippen molar-refractivity contribution in [1.82, 2.24) is 5.32 Å². The molecule has 1 aromatic rings. The van der Waals surface area contributed by atoms with E-state index in [9.17, 15) is 0 Å². The predicted octanol–water partition coefficient (Wildman–Crippen LogP) is 5.01. The highest BCUT2D eigenvalue weighted by Gasteiger charge is 2.19. The zero-order valence-electron chi connectivity index (χ0n) is 13.4. The van der Waals surface area contributed by atoms with Crippen molar-refractivity contribution in [2.24, 2.45) is 11.3 Å². The number of ether oxygens (including phenoxy) is 1. The molecule has 1 unspecified atom stereocenters. The Balaban J connectivity index is 2.60. The SMILES string of the molecule is CCCOc1ccc(Br)cc1CNCC(C)C(C)(C)C. The van der Waals surface area contributed by atoms with E-state index in [4.69, 9.17) is 4.74 Å². The van der Waals surface area contributed by atoms with Gasteiger partial charge in [0, 0.05) is 16.6 Å². The number of rotatable bonds is 7. The normalized spacial score (nSPS) is 13.3. The van der Waals surface area contributed by atoms with Gasteiger partial charge in [0.05, 0.1) is 6.61 Å². The van der Waals surface area contributed by atoms with Gasteiger partial charge >= 0.3 is 0 Å². The molecule has 1 aromatic carbocycles. The lowest BCUT2D eigenvalue weighted by Gasteiger charge is -2.27. The summed E-state index contributed by atoms with van der Waals surface area (Å²) in [6, 6.07) is 6.22. The van der Waals surface area contributed by atoms with Crippen molar-refractivity contribution < 1.29 is 4.74 Å². The number of hydrogen-bond acceptors (Lipinski definition) is 2. The zero-order chi connectivity index (χ0) is 15.2. The van der Waals surface area contributed by atoms with Crippen LogP contribution in [-0.4, -0.2) is 13.2 Å². The van der Waals surface area contributed by atoms with E-state index < -0.39 is 0 Å². The quantitative estimate of drug-likeness (QED) is 0.752. The second-order valence-electron chi connectivity index (χ2n) is 6.50. The van der Waals surface area contributed by atoms with Gasteiger partial charge in [-0.15, -0.1) is 0 Å². The molecular formula is C17H28BrNO. The minimum Gasteiger partial charge on any atom is -0.493 e. The number of benzene rings is 1. The number of hydrogen-bond donors (Lipinski definition) is 1. The van der Waals surface area contributed by atoms with Crippen LogP contribution in [0, 0.1) is 11.3 Å². The lowest BCUT2D eigenvalue weighted by Crippen LogP contribution is -2.29. The van der Waals surface area contributed by atoms with Crippen molar-refractivity contribution in [2.45, 2.75) is 47.6 Å². The van der Waals surface area contributed by atoms with Crippen LogP contribution in [0.5, 0.6) is 5.75 Å². The van der Waals surface area contributed by atoms with E-state index in [1.165, 1.54) is 5.56 Å². The Morgan fingerprint density at radius 2 is 2.00 bits per heavy atom. The van der Waals surface area contributed by atoms with Crippen LogP contribution >= 0.6 is 15.9 Å². The maximum atomic E-state index is 5.81. The lowest BCUT2D eigenvalue weighted by atomic mass is 9.82. The molecule has 2 nitrogen and oxygen atoms in total. The van der Waals surface area contributed by atoms with Gasteiger partial charge in [0.2, 0.25) is 0 Å². The monoisotopic (exact) mass is 341 g/mol. The molecular weight excluding hydrogens is 314 g/mol. The van der Waals surface area contributed by atoms with E-state index in [1.807, 2.05) is 12.1 Å². The first-order chi connectivity index (χ1) is 9.34. The Bertz CT molecular complexity index is 412. The number of nitrogens with one attached hydrogen (secondary N) is 1. The molecule has 1 rings (SSSR count). The van der Waals surface area contributed by atoms with Crippen LogP contribution in [0.25, 0.3) is 0 Å². The van der Waals surface area contributed by atoms with Crippen LogP contribution in [0.15, 0.2) is 22.7 Å². The Hall–Kier alpha value is -0.540. The highest BCUT2D eigenvalue weighted by molar-refractivity contribution is 9.10. The summed E-state index contributed by atoms with van der Waals surface area (Å²) in [5, 5.41) is 3.55. The maximum absolute atomic E-state index is 5.81. The second kappa shape index (κ2) is 8.04. The summed E-state index contributed by atoms with van der Waals surface area (Å²) >= 11 is 3.53. The van der Waals surface area contributed by atoms with Crippen LogP contribution in [0.2, 0.25) is 0 Å². The minimum atomic E-state index is 0.339. The van der Waals surface area contributed by atoms with Crippen molar-refractivity contribution in [3.8, 4) is 5.75 Å². The zero-order valence-corrected chi connectivity index (χ0v) is 15.0. The van der Waals surface area contributed by atoms with Crippen molar-refractivity contribution in [2.75, 3.05) is 13.2 Å². The third kappa shape index (κ3) is 5.84. The molecule has 0 aliphatic heterocycles. The first kappa shape index (κ1) is 17.5. The molecule has 114 valence electrons. The number of halogens is 1. The summed E-state index contributed by atoms with van der Waals surface area (Å²) in [4.78, 5) is 0. The molecule has 0 saturated heterocycles. The lowest BCUT2D eigenvalue weighted by molar-refractivity contribution is 0.252. The van der Waals surface area contributed by atoms with Gasteiger partial charge in [0.25, 0.3) is 0 Å². The highest BCUT2D eigenvalue weighted by atomic mass is 79.9. The summed E-state index contributed by atoms with van der Waals surface area (Å²) < 4.78 is 6.90. The van der Waals surface area contributed by atoms with Gasteiger partial charge in [0.15, 0.2) is 0 Å². The molecule has 0 amide bonds. The van der Waals surface area contributed by atoms with Gasteiger partial charge in [-0.05, 0) is 42.5 Å². The van der Waals surface area contributed by atoms with E-state index in [1.54, 1.807) is 0 Å². The van der Waals surface area contributed by atoms with Crippen molar-refractivity contribution in [3.63, 3.8) is 0 Å². The Labute approximate surface area is 132 Å². The molecule has 3 heteroatoms. The fourth-order valence-corrected chi connectivity index (χ4v) is 2.18. The molecule has 0 spiro atoms. The van der Waals surface area contributed by atoms with Crippen LogP contribution in [-0.2, 0) is 6.54 Å². The Kier molecular flexibility index (Phi) is 7.04. The molecule has 0 aliphatic rings. The van der Waals surface area contributed by atoms with Crippen LogP contribution in [0.4, 0.5) is 0 Å². The van der Waals surface area contributed by atoms with Crippen molar-refractivity contribution >= 4 is 15.9 Å². The second-order valence-corrected chi connectivity index (χ2v) is 7.41. The van der Waals surface area contributed by atoms with E-state index in [-0.39, 0.29) is 0 Å². The van der Waals surface area contributed by atoms with Crippen LogP contribution < -0.4 is 10.1 Å². The summed E-state index contributed by atoms with van der Waals surface area (Å²) in [5.41, 5.74) is 1.56. The smallest absolute Gasteiger partial charge is 0.123 e. The van der Waals surface area contributed by atoms with Crippen LogP contribution in [0.1, 0.15) is 46.6 Å². The van der Waals surface area contributed by atoms with E-state index >= 15 is 0 Å². The molecule has 0 heterocycles. The minimum absolute atomic E-state index is 0.339.